The number of ether oxygens (including phenoxy) is 1. The monoisotopic (exact) mass is 254 g/mol. The molecule has 0 radical (unpaired) electrons. The molecule has 0 heterocycles. The van der Waals surface area contributed by atoms with Gasteiger partial charge >= 0.3 is 12.0 Å². The molecule has 100 valence electrons. The van der Waals surface area contributed by atoms with Crippen LogP contribution in [0.25, 0.3) is 0 Å². The minimum Gasteiger partial charge on any atom is -0.449 e. The van der Waals surface area contributed by atoms with Gasteiger partial charge in [-0.3, -0.25) is 10.1 Å². The molecule has 0 aromatic carbocycles. The summed E-state index contributed by atoms with van der Waals surface area (Å²) >= 11 is 0. The van der Waals surface area contributed by atoms with Crippen LogP contribution in [0.5, 0.6) is 0 Å². The number of allylic oxidation sites excluding steroid dienone is 3. The van der Waals surface area contributed by atoms with Crippen LogP contribution in [0.3, 0.4) is 0 Å². The van der Waals surface area contributed by atoms with Gasteiger partial charge in [0.25, 0.3) is 5.91 Å². The molecular weight excluding hydrogens is 236 g/mol. The lowest BCUT2D eigenvalue weighted by molar-refractivity contribution is -0.153. The van der Waals surface area contributed by atoms with Gasteiger partial charge in [0.15, 0.2) is 6.10 Å². The van der Waals surface area contributed by atoms with Crippen LogP contribution in [0.4, 0.5) is 4.79 Å². The molecule has 3 N–H and O–H groups in total. The minimum absolute atomic E-state index is 0.275. The van der Waals surface area contributed by atoms with Crippen molar-refractivity contribution in [3.05, 3.63) is 24.3 Å². The third-order valence-electron chi connectivity index (χ3n) is 1.89. The predicted octanol–water partition coefficient (Wildman–Crippen LogP) is 0.881. The molecule has 0 unspecified atom stereocenters. The van der Waals surface area contributed by atoms with E-state index in [1.807, 2.05) is 5.32 Å². The molecule has 0 fully saturated rings. The largest absolute Gasteiger partial charge is 0.449 e. The van der Waals surface area contributed by atoms with Gasteiger partial charge < -0.3 is 10.5 Å². The first-order valence-electron chi connectivity index (χ1n) is 5.48. The van der Waals surface area contributed by atoms with Crippen molar-refractivity contribution in [2.45, 2.75) is 26.9 Å². The molecule has 0 aromatic heterocycles. The number of esters is 1. The summed E-state index contributed by atoms with van der Waals surface area (Å²) in [6.45, 7) is 5.18. The first-order valence-corrected chi connectivity index (χ1v) is 5.48. The average molecular weight is 254 g/mol. The maximum atomic E-state index is 11.5. The predicted molar refractivity (Wildman–Crippen MR) is 66.4 cm³/mol. The van der Waals surface area contributed by atoms with Crippen LogP contribution < -0.4 is 11.1 Å². The Labute approximate surface area is 106 Å². The van der Waals surface area contributed by atoms with Crippen molar-refractivity contribution < 1.29 is 19.1 Å². The topological polar surface area (TPSA) is 98.5 Å². The van der Waals surface area contributed by atoms with Crippen LogP contribution in [0.1, 0.15) is 20.8 Å². The van der Waals surface area contributed by atoms with Crippen molar-refractivity contribution in [2.75, 3.05) is 0 Å². The molecule has 0 aliphatic heterocycles. The molecule has 0 aliphatic carbocycles. The van der Waals surface area contributed by atoms with Gasteiger partial charge in [0.2, 0.25) is 0 Å². The normalized spacial score (nSPS) is 12.9. The number of carbonyl (C=O) groups is 3. The molecule has 18 heavy (non-hydrogen) atoms. The Balaban J connectivity index is 4.58. The summed E-state index contributed by atoms with van der Waals surface area (Å²) < 4.78 is 4.94. The van der Waals surface area contributed by atoms with Crippen LogP contribution >= 0.6 is 0 Å². The van der Waals surface area contributed by atoms with Crippen LogP contribution in [-0.4, -0.2) is 24.0 Å². The van der Waals surface area contributed by atoms with Crippen LogP contribution in [-0.2, 0) is 14.3 Å². The van der Waals surface area contributed by atoms with Crippen LogP contribution in [0, 0.1) is 5.92 Å². The summed E-state index contributed by atoms with van der Waals surface area (Å²) in [6, 6.07) is -0.980. The van der Waals surface area contributed by atoms with Gasteiger partial charge in [0.1, 0.15) is 0 Å². The number of nitrogens with one attached hydrogen (secondary N) is 1. The number of imide groups is 1. The van der Waals surface area contributed by atoms with Crippen molar-refractivity contribution in [3.63, 3.8) is 0 Å². The van der Waals surface area contributed by atoms with E-state index in [-0.39, 0.29) is 5.92 Å². The summed E-state index contributed by atoms with van der Waals surface area (Å²) in [7, 11) is 0. The van der Waals surface area contributed by atoms with Crippen molar-refractivity contribution in [1.29, 1.82) is 0 Å². The molecule has 0 rings (SSSR count). The highest BCUT2D eigenvalue weighted by Gasteiger charge is 2.26. The molecule has 0 saturated carbocycles. The highest BCUT2D eigenvalue weighted by molar-refractivity contribution is 5.97. The molecule has 0 saturated heterocycles. The number of rotatable bonds is 5. The first kappa shape index (κ1) is 15.9. The molecule has 6 nitrogen and oxygen atoms in total. The minimum atomic E-state index is -1.06. The maximum absolute atomic E-state index is 11.5. The fourth-order valence-electron chi connectivity index (χ4n) is 1.09. The van der Waals surface area contributed by atoms with E-state index < -0.39 is 24.0 Å². The van der Waals surface area contributed by atoms with E-state index in [2.05, 4.69) is 0 Å². The molecular formula is C12H18N2O4. The third-order valence-corrected chi connectivity index (χ3v) is 1.89. The first-order chi connectivity index (χ1) is 8.38. The molecule has 6 heteroatoms. The summed E-state index contributed by atoms with van der Waals surface area (Å²) in [5, 5.41) is 1.88. The Morgan fingerprint density at radius 2 is 1.83 bits per heavy atom. The summed E-state index contributed by atoms with van der Waals surface area (Å²) in [4.78, 5) is 33.5. The Bertz CT molecular complexity index is 372. The second kappa shape index (κ2) is 8.05. The quantitative estimate of drug-likeness (QED) is 0.432. The summed E-state index contributed by atoms with van der Waals surface area (Å²) in [5.41, 5.74) is 4.83. The molecule has 1 atom stereocenters. The number of carbonyl (C=O) groups excluding carboxylic acids is 3. The summed E-state index contributed by atoms with van der Waals surface area (Å²) in [6.07, 6.45) is 5.01. The van der Waals surface area contributed by atoms with Gasteiger partial charge in [-0.1, -0.05) is 32.1 Å². The lowest BCUT2D eigenvalue weighted by atomic mass is 10.1. The number of amides is 3. The van der Waals surface area contributed by atoms with Gasteiger partial charge in [-0.05, 0) is 12.8 Å². The second-order valence-corrected chi connectivity index (χ2v) is 3.84. The van der Waals surface area contributed by atoms with Crippen molar-refractivity contribution in [3.8, 4) is 0 Å². The average Bonchev–Trinajstić information content (AvgIpc) is 2.24. The zero-order valence-electron chi connectivity index (χ0n) is 10.7. The zero-order valence-corrected chi connectivity index (χ0v) is 10.7. The van der Waals surface area contributed by atoms with Gasteiger partial charge in [0, 0.05) is 6.08 Å². The van der Waals surface area contributed by atoms with E-state index in [0.29, 0.717) is 0 Å². The number of urea groups is 1. The molecule has 0 spiro atoms. The van der Waals surface area contributed by atoms with Crippen molar-refractivity contribution in [1.82, 2.24) is 5.32 Å². The van der Waals surface area contributed by atoms with E-state index in [1.54, 1.807) is 32.9 Å². The number of primary amides is 1. The van der Waals surface area contributed by atoms with E-state index in [9.17, 15) is 14.4 Å². The van der Waals surface area contributed by atoms with Crippen LogP contribution in [0.2, 0.25) is 0 Å². The van der Waals surface area contributed by atoms with Crippen molar-refractivity contribution >= 4 is 17.9 Å². The molecule has 0 aliphatic rings. The number of hydrogen-bond acceptors (Lipinski definition) is 4. The third kappa shape index (κ3) is 6.47. The van der Waals surface area contributed by atoms with E-state index in [0.717, 1.165) is 0 Å². The Morgan fingerprint density at radius 3 is 2.28 bits per heavy atom. The molecule has 3 amide bonds. The lowest BCUT2D eigenvalue weighted by Crippen LogP contribution is -2.45. The maximum Gasteiger partial charge on any atom is 0.331 e. The van der Waals surface area contributed by atoms with Gasteiger partial charge in [-0.15, -0.1) is 0 Å². The zero-order chi connectivity index (χ0) is 14.1. The van der Waals surface area contributed by atoms with Gasteiger partial charge in [-0.2, -0.15) is 0 Å². The number of hydrogen-bond donors (Lipinski definition) is 2. The summed E-state index contributed by atoms with van der Waals surface area (Å²) in [5.74, 6) is -1.67. The highest BCUT2D eigenvalue weighted by atomic mass is 16.5. The molecule has 0 aromatic rings. The number of nitrogens with two attached hydrogens (primary N) is 1. The van der Waals surface area contributed by atoms with Crippen LogP contribution in [0.15, 0.2) is 24.3 Å². The fourth-order valence-corrected chi connectivity index (χ4v) is 1.09. The Hall–Kier alpha value is -2.11. The van der Waals surface area contributed by atoms with Gasteiger partial charge in [-0.25, -0.2) is 9.59 Å². The Kier molecular flexibility index (Phi) is 7.11. The van der Waals surface area contributed by atoms with Gasteiger partial charge in [0.05, 0.1) is 0 Å². The second-order valence-electron chi connectivity index (χ2n) is 3.84. The molecule has 0 bridgehead atoms. The smallest absolute Gasteiger partial charge is 0.331 e. The van der Waals surface area contributed by atoms with Crippen molar-refractivity contribution in [2.24, 2.45) is 11.7 Å². The fraction of sp³-hybridized carbons (Fsp3) is 0.417. The highest BCUT2D eigenvalue weighted by Crippen LogP contribution is 2.07. The Morgan fingerprint density at radius 1 is 1.22 bits per heavy atom. The standard InChI is InChI=1S/C12H18N2O4/c1-4-5-6-7-9(15)18-10(8(2)3)11(16)14-12(13)17/h4-8,10H,1-3H3,(H3,13,14,16,17)/b5-4+,7-6-/t10-/m0/s1. The van der Waals surface area contributed by atoms with E-state index in [1.165, 1.54) is 12.2 Å². The SMILES string of the molecule is C/C=C/C=C\C(=O)O[C@H](C(=O)NC(N)=O)C(C)C. The lowest BCUT2D eigenvalue weighted by Gasteiger charge is -2.18. The van der Waals surface area contributed by atoms with E-state index >= 15 is 0 Å². The van der Waals surface area contributed by atoms with E-state index in [4.69, 9.17) is 10.5 Å².